The smallest absolute Gasteiger partial charge is 0.158 e. The minimum atomic E-state index is -0.172. The van der Waals surface area contributed by atoms with Gasteiger partial charge in [-0.15, -0.1) is 0 Å². The van der Waals surface area contributed by atoms with Crippen molar-refractivity contribution < 1.29 is 9.53 Å². The second-order valence-electron chi connectivity index (χ2n) is 4.43. The van der Waals surface area contributed by atoms with Crippen molar-refractivity contribution in [3.63, 3.8) is 0 Å². The number of nitrogens with one attached hydrogen (secondary N) is 2. The second kappa shape index (κ2) is 5.72. The molecule has 0 spiro atoms. The van der Waals surface area contributed by atoms with Crippen molar-refractivity contribution in [3.8, 4) is 0 Å². The lowest BCUT2D eigenvalue weighted by Crippen LogP contribution is -2.53. The molecule has 1 radical (unpaired) electrons. The second-order valence-corrected chi connectivity index (χ2v) is 4.43. The van der Waals surface area contributed by atoms with E-state index in [0.717, 1.165) is 26.2 Å². The molecule has 2 fully saturated rings. The third-order valence-corrected chi connectivity index (χ3v) is 3.27. The third kappa shape index (κ3) is 2.79. The standard InChI is InChI=1S/C11H20N3O2/c1-8(10-7-13-4-5-16-10)11(15)9-6-12-2-3-14-9/h8-10,12-13H,2-7H2,1H3. The maximum absolute atomic E-state index is 12.2. The van der Waals surface area contributed by atoms with E-state index in [0.29, 0.717) is 13.2 Å². The molecule has 0 aromatic heterocycles. The summed E-state index contributed by atoms with van der Waals surface area (Å²) in [5, 5.41) is 10.8. The molecule has 16 heavy (non-hydrogen) atoms. The Bertz CT molecular complexity index is 235. The van der Waals surface area contributed by atoms with Gasteiger partial charge in [0.1, 0.15) is 0 Å². The largest absolute Gasteiger partial charge is 0.375 e. The predicted octanol–water partition coefficient (Wildman–Crippen LogP) is -1.24. The van der Waals surface area contributed by atoms with E-state index in [1.54, 1.807) is 0 Å². The minimum absolute atomic E-state index is 0.0124. The zero-order valence-electron chi connectivity index (χ0n) is 9.74. The zero-order chi connectivity index (χ0) is 11.4. The number of hydrogen-bond acceptors (Lipinski definition) is 4. The van der Waals surface area contributed by atoms with Gasteiger partial charge in [0, 0.05) is 38.6 Å². The van der Waals surface area contributed by atoms with Gasteiger partial charge in [-0.05, 0) is 0 Å². The number of nitrogens with zero attached hydrogens (tertiary/aromatic N) is 1. The summed E-state index contributed by atoms with van der Waals surface area (Å²) in [4.78, 5) is 12.2. The average molecular weight is 226 g/mol. The van der Waals surface area contributed by atoms with Crippen LogP contribution in [0, 0.1) is 5.92 Å². The fourth-order valence-electron chi connectivity index (χ4n) is 2.19. The molecule has 91 valence electrons. The highest BCUT2D eigenvalue weighted by molar-refractivity contribution is 5.86. The summed E-state index contributed by atoms with van der Waals surface area (Å²) in [6, 6.07) is -0.172. The molecular formula is C11H20N3O2. The molecule has 0 bridgehead atoms. The molecule has 3 unspecified atom stereocenters. The molecule has 2 heterocycles. The van der Waals surface area contributed by atoms with Crippen molar-refractivity contribution in [2.45, 2.75) is 19.1 Å². The van der Waals surface area contributed by atoms with Crippen LogP contribution in [0.2, 0.25) is 0 Å². The van der Waals surface area contributed by atoms with Crippen molar-refractivity contribution in [1.29, 1.82) is 0 Å². The van der Waals surface area contributed by atoms with Crippen LogP contribution in [-0.4, -0.2) is 57.3 Å². The van der Waals surface area contributed by atoms with E-state index in [2.05, 4.69) is 16.0 Å². The lowest BCUT2D eigenvalue weighted by Gasteiger charge is -2.31. The Balaban J connectivity index is 1.86. The Hall–Kier alpha value is -0.490. The normalized spacial score (nSPS) is 33.3. The van der Waals surface area contributed by atoms with Gasteiger partial charge in [-0.1, -0.05) is 6.92 Å². The summed E-state index contributed by atoms with van der Waals surface area (Å²) in [7, 11) is 0. The number of ketones is 1. The molecule has 0 amide bonds. The lowest BCUT2D eigenvalue weighted by molar-refractivity contribution is -0.130. The van der Waals surface area contributed by atoms with E-state index in [4.69, 9.17) is 4.74 Å². The maximum atomic E-state index is 12.2. The van der Waals surface area contributed by atoms with Crippen LogP contribution in [0.5, 0.6) is 0 Å². The Morgan fingerprint density at radius 1 is 1.38 bits per heavy atom. The van der Waals surface area contributed by atoms with Crippen LogP contribution in [0.4, 0.5) is 0 Å². The quantitative estimate of drug-likeness (QED) is 0.631. The van der Waals surface area contributed by atoms with Crippen LogP contribution in [0.25, 0.3) is 0 Å². The van der Waals surface area contributed by atoms with Crippen molar-refractivity contribution >= 4 is 5.78 Å². The molecule has 0 saturated carbocycles. The van der Waals surface area contributed by atoms with Crippen molar-refractivity contribution in [3.05, 3.63) is 0 Å². The van der Waals surface area contributed by atoms with E-state index >= 15 is 0 Å². The molecule has 2 N–H and O–H groups in total. The van der Waals surface area contributed by atoms with E-state index in [1.807, 2.05) is 6.92 Å². The molecule has 0 aromatic carbocycles. The number of ether oxygens (including phenoxy) is 1. The van der Waals surface area contributed by atoms with Gasteiger partial charge < -0.3 is 15.4 Å². The first-order valence-corrected chi connectivity index (χ1v) is 6.02. The molecule has 3 atom stereocenters. The number of carbonyl (C=O) groups is 1. The van der Waals surface area contributed by atoms with Gasteiger partial charge >= 0.3 is 0 Å². The van der Waals surface area contributed by atoms with E-state index in [-0.39, 0.29) is 23.8 Å². The first kappa shape index (κ1) is 12.0. The Labute approximate surface area is 96.3 Å². The fraction of sp³-hybridized carbons (Fsp3) is 0.909. The summed E-state index contributed by atoms with van der Waals surface area (Å²) in [6.45, 7) is 6.61. The first-order valence-electron chi connectivity index (χ1n) is 6.02. The monoisotopic (exact) mass is 226 g/mol. The van der Waals surface area contributed by atoms with E-state index in [1.165, 1.54) is 0 Å². The van der Waals surface area contributed by atoms with E-state index < -0.39 is 0 Å². The van der Waals surface area contributed by atoms with Gasteiger partial charge in [-0.2, -0.15) is 0 Å². The molecule has 2 rings (SSSR count). The highest BCUT2D eigenvalue weighted by Crippen LogP contribution is 2.13. The van der Waals surface area contributed by atoms with Crippen molar-refractivity contribution in [2.75, 3.05) is 39.3 Å². The molecule has 2 saturated heterocycles. The molecule has 5 heteroatoms. The molecular weight excluding hydrogens is 206 g/mol. The Morgan fingerprint density at radius 2 is 2.19 bits per heavy atom. The number of hydrogen-bond donors (Lipinski definition) is 2. The average Bonchev–Trinajstić information content (AvgIpc) is 2.39. The number of rotatable bonds is 3. The highest BCUT2D eigenvalue weighted by Gasteiger charge is 2.32. The molecule has 2 aliphatic heterocycles. The molecule has 0 aromatic rings. The molecule has 2 aliphatic rings. The minimum Gasteiger partial charge on any atom is -0.375 e. The van der Waals surface area contributed by atoms with Gasteiger partial charge in [0.2, 0.25) is 0 Å². The summed E-state index contributed by atoms with van der Waals surface area (Å²) in [6.07, 6.45) is 0.0124. The summed E-state index contributed by atoms with van der Waals surface area (Å²) in [5.41, 5.74) is 0. The van der Waals surface area contributed by atoms with Gasteiger partial charge in [-0.3, -0.25) is 4.79 Å². The van der Waals surface area contributed by atoms with Crippen LogP contribution in [-0.2, 0) is 9.53 Å². The van der Waals surface area contributed by atoms with Crippen LogP contribution in [0.3, 0.4) is 0 Å². The zero-order valence-corrected chi connectivity index (χ0v) is 9.74. The van der Waals surface area contributed by atoms with Gasteiger partial charge in [0.25, 0.3) is 0 Å². The van der Waals surface area contributed by atoms with Crippen molar-refractivity contribution in [1.82, 2.24) is 16.0 Å². The first-order chi connectivity index (χ1) is 7.79. The van der Waals surface area contributed by atoms with Gasteiger partial charge in [0.15, 0.2) is 5.78 Å². The number of morpholine rings is 1. The number of Topliss-reactive ketones (excluding diaryl/α,β-unsaturated/α-hetero) is 1. The fourth-order valence-corrected chi connectivity index (χ4v) is 2.19. The molecule has 5 nitrogen and oxygen atoms in total. The predicted molar refractivity (Wildman–Crippen MR) is 60.4 cm³/mol. The lowest BCUT2D eigenvalue weighted by atomic mass is 9.93. The van der Waals surface area contributed by atoms with E-state index in [9.17, 15) is 4.79 Å². The van der Waals surface area contributed by atoms with Crippen LogP contribution in [0.15, 0.2) is 0 Å². The number of carbonyl (C=O) groups excluding carboxylic acids is 1. The van der Waals surface area contributed by atoms with Crippen molar-refractivity contribution in [2.24, 2.45) is 5.92 Å². The van der Waals surface area contributed by atoms with Gasteiger partial charge in [0.05, 0.1) is 18.8 Å². The van der Waals surface area contributed by atoms with Crippen LogP contribution >= 0.6 is 0 Å². The third-order valence-electron chi connectivity index (χ3n) is 3.27. The van der Waals surface area contributed by atoms with Crippen LogP contribution in [0.1, 0.15) is 6.92 Å². The SMILES string of the molecule is CC(C(=O)C1CNCC[N]1)C1CNCCO1. The Morgan fingerprint density at radius 3 is 2.81 bits per heavy atom. The summed E-state index contributed by atoms with van der Waals surface area (Å²) in [5.74, 6) is 0.141. The highest BCUT2D eigenvalue weighted by atomic mass is 16.5. The van der Waals surface area contributed by atoms with Gasteiger partial charge in [-0.25, -0.2) is 5.32 Å². The topological polar surface area (TPSA) is 64.5 Å². The Kier molecular flexibility index (Phi) is 4.29. The maximum Gasteiger partial charge on any atom is 0.158 e. The molecule has 0 aliphatic carbocycles. The van der Waals surface area contributed by atoms with Crippen LogP contribution < -0.4 is 16.0 Å². The number of piperazine rings is 1. The summed E-state index contributed by atoms with van der Waals surface area (Å²) >= 11 is 0. The summed E-state index contributed by atoms with van der Waals surface area (Å²) < 4.78 is 5.61.